The van der Waals surface area contributed by atoms with Crippen molar-refractivity contribution in [1.29, 1.82) is 0 Å². The van der Waals surface area contributed by atoms with Crippen LogP contribution < -0.4 is 32.7 Å². The number of ether oxygens (including phenoxy) is 2. The molecule has 0 radical (unpaired) electrons. The van der Waals surface area contributed by atoms with Crippen molar-refractivity contribution >= 4 is 46.8 Å². The number of hydrogen-bond donors (Lipinski definition) is 6. The van der Waals surface area contributed by atoms with Crippen molar-refractivity contribution < 1.29 is 28.7 Å². The number of nitrogen functional groups attached to an aromatic ring is 2. The Hall–Kier alpha value is -6.12. The van der Waals surface area contributed by atoms with E-state index in [1.807, 2.05) is 81.7 Å². The van der Waals surface area contributed by atoms with Crippen molar-refractivity contribution in [2.45, 2.75) is 191 Å². The topological polar surface area (TPSA) is 193 Å². The van der Waals surface area contributed by atoms with E-state index in [1.165, 1.54) is 90.1 Å². The Bertz CT molecular complexity index is 2780. The molecule has 0 bridgehead atoms. The first-order valence-corrected chi connectivity index (χ1v) is 28.2. The van der Waals surface area contributed by atoms with Crippen LogP contribution >= 0.6 is 0 Å². The lowest BCUT2D eigenvalue weighted by Gasteiger charge is -2.38. The van der Waals surface area contributed by atoms with Gasteiger partial charge in [-0.2, -0.15) is 0 Å². The third kappa shape index (κ3) is 12.8. The van der Waals surface area contributed by atoms with Crippen molar-refractivity contribution in [1.82, 2.24) is 20.4 Å². The van der Waals surface area contributed by atoms with E-state index in [2.05, 4.69) is 63.7 Å². The van der Waals surface area contributed by atoms with Gasteiger partial charge in [-0.05, 0) is 237 Å². The van der Waals surface area contributed by atoms with E-state index in [4.69, 9.17) is 20.9 Å². The first kappa shape index (κ1) is 54.7. The van der Waals surface area contributed by atoms with E-state index in [0.717, 1.165) is 93.2 Å². The van der Waals surface area contributed by atoms with Gasteiger partial charge in [0.15, 0.2) is 0 Å². The summed E-state index contributed by atoms with van der Waals surface area (Å²) in [6.45, 7) is 18.4. The molecule has 8 N–H and O–H groups in total. The van der Waals surface area contributed by atoms with Gasteiger partial charge in [0.2, 0.25) is 11.8 Å². The largest absolute Gasteiger partial charge is 0.444 e. The summed E-state index contributed by atoms with van der Waals surface area (Å²) in [5.41, 5.74) is 25.3. The molecule has 8 aliphatic rings. The van der Waals surface area contributed by atoms with Crippen molar-refractivity contribution in [3.05, 3.63) is 117 Å². The van der Waals surface area contributed by atoms with E-state index in [0.29, 0.717) is 29.8 Å². The van der Waals surface area contributed by atoms with Crippen LogP contribution in [0.5, 0.6) is 0 Å². The Balaban J connectivity index is 0.000000126. The number of nitrogens with zero attached hydrogens (tertiary/aromatic N) is 2. The van der Waals surface area contributed by atoms with Gasteiger partial charge in [0.05, 0.1) is 0 Å². The predicted molar refractivity (Wildman–Crippen MR) is 303 cm³/mol. The second-order valence-electron chi connectivity index (χ2n) is 24.5. The van der Waals surface area contributed by atoms with Crippen molar-refractivity contribution in [2.75, 3.05) is 48.3 Å². The third-order valence-electron chi connectivity index (χ3n) is 16.6. The Morgan fingerprint density at radius 3 is 1.26 bits per heavy atom. The Morgan fingerprint density at radius 2 is 0.855 bits per heavy atom. The summed E-state index contributed by atoms with van der Waals surface area (Å²) in [6, 6.07) is 26.7. The van der Waals surface area contributed by atoms with E-state index in [-0.39, 0.29) is 36.1 Å². The molecular formula is C62H84N8O6. The average molecular weight is 1040 g/mol. The smallest absolute Gasteiger partial charge is 0.410 e. The second-order valence-corrected chi connectivity index (χ2v) is 24.5. The molecule has 4 fully saturated rings. The molecule has 14 nitrogen and oxygen atoms in total. The summed E-state index contributed by atoms with van der Waals surface area (Å²) < 4.78 is 11.2. The van der Waals surface area contributed by atoms with Gasteiger partial charge in [-0.3, -0.25) is 9.59 Å². The Labute approximate surface area is 451 Å². The average Bonchev–Trinajstić information content (AvgIpc) is 4.17. The SMILES string of the molecule is CC(=O)Nc1ccc2c(c1)C[C@@H]1NCCC[C@H]21.CC(=O)Nc1ccc2c(c1)C[C@H]1[C@@H]2CCCN1C(=O)OC(C)(C)C.CC(C)(C)OC(=O)N1CCC[C@@H]2c3ccc(N)cc3C[C@@H]21.Nc1ccc2c(c1)C[C@@H]1NCCC[C@H]21. The van der Waals surface area contributed by atoms with Crippen LogP contribution in [0.15, 0.2) is 72.8 Å². The molecule has 4 aromatic rings. The minimum atomic E-state index is -0.478. The zero-order valence-electron chi connectivity index (χ0n) is 46.4. The van der Waals surface area contributed by atoms with Crippen LogP contribution in [-0.4, -0.2) is 95.3 Å². The summed E-state index contributed by atoms with van der Waals surface area (Å²) >= 11 is 0. The quantitative estimate of drug-likeness (QED) is 0.105. The third-order valence-corrected chi connectivity index (χ3v) is 16.6. The number of likely N-dealkylation sites (tertiary alicyclic amines) is 2. The standard InChI is InChI=1S/C19H26N2O3.C17H24N2O2.C14H18N2O.C12H16N2/c1-12(22)20-14-7-8-15-13(10-14)11-17-16(15)6-5-9-21(17)18(23)24-19(2,3)4;1-17(2,3)21-16(20)19-8-4-5-14-13-7-6-12(18)9-11(13)10-15(14)19;1-9(17)16-11-4-5-12-10(7-11)8-14-13(12)3-2-6-15-14;13-9-3-4-10-8(6-9)7-12-11(10)2-1-5-14-12/h7-8,10,16-17H,5-6,9,11H2,1-4H3,(H,20,22);6-7,9,14-15H,4-5,8,10,18H2,1-3H3;4-5,7,13-15H,2-3,6,8H2,1H3,(H,16,17);3-4,6,11-12,14H,1-2,5,7,13H2/t16-,17+;14-,15+;13-,14+;11-,12+/m1111/s1. The van der Waals surface area contributed by atoms with Gasteiger partial charge in [-0.1, -0.05) is 24.3 Å². The molecule has 12 rings (SSSR count). The molecule has 0 saturated carbocycles. The molecule has 4 heterocycles. The normalized spacial score (nSPS) is 25.2. The molecule has 4 aliphatic carbocycles. The first-order chi connectivity index (χ1) is 36.2. The Morgan fingerprint density at radius 1 is 0.500 bits per heavy atom. The van der Waals surface area contributed by atoms with Gasteiger partial charge in [0, 0.05) is 85.7 Å². The van der Waals surface area contributed by atoms with E-state index in [9.17, 15) is 19.2 Å². The highest BCUT2D eigenvalue weighted by Crippen LogP contribution is 2.46. The van der Waals surface area contributed by atoms with Crippen LogP contribution in [0.4, 0.5) is 32.3 Å². The van der Waals surface area contributed by atoms with Gasteiger partial charge in [-0.15, -0.1) is 0 Å². The molecule has 0 unspecified atom stereocenters. The number of carbonyl (C=O) groups is 4. The van der Waals surface area contributed by atoms with Gasteiger partial charge < -0.3 is 52.0 Å². The van der Waals surface area contributed by atoms with Gasteiger partial charge in [0.25, 0.3) is 0 Å². The van der Waals surface area contributed by atoms with Gasteiger partial charge in [-0.25, -0.2) is 9.59 Å². The molecule has 4 amide bonds. The van der Waals surface area contributed by atoms with E-state index < -0.39 is 11.2 Å². The molecule has 0 spiro atoms. The first-order valence-electron chi connectivity index (χ1n) is 28.2. The summed E-state index contributed by atoms with van der Waals surface area (Å²) in [7, 11) is 0. The van der Waals surface area contributed by atoms with Crippen molar-refractivity contribution in [2.24, 2.45) is 0 Å². The highest BCUT2D eigenvalue weighted by molar-refractivity contribution is 5.89. The van der Waals surface area contributed by atoms with Crippen molar-refractivity contribution in [3.8, 4) is 0 Å². The number of hydrogen-bond acceptors (Lipinski definition) is 10. The fraction of sp³-hybridized carbons (Fsp3) is 0.548. The Kier molecular flexibility index (Phi) is 16.4. The molecule has 4 aliphatic heterocycles. The van der Waals surface area contributed by atoms with Crippen LogP contribution in [0.25, 0.3) is 0 Å². The number of piperidine rings is 4. The summed E-state index contributed by atoms with van der Waals surface area (Å²) in [5, 5.41) is 12.9. The maximum atomic E-state index is 12.6. The number of anilines is 4. The van der Waals surface area contributed by atoms with Crippen LogP contribution in [-0.2, 0) is 44.7 Å². The number of benzene rings is 4. The fourth-order valence-corrected chi connectivity index (χ4v) is 13.6. The molecule has 4 saturated heterocycles. The number of fused-ring (bicyclic) bond motifs is 12. The van der Waals surface area contributed by atoms with Crippen LogP contribution in [0, 0.1) is 0 Å². The number of nitrogens with two attached hydrogens (primary N) is 2. The molecule has 8 atom stereocenters. The minimum absolute atomic E-state index is 0.00140. The maximum Gasteiger partial charge on any atom is 0.410 e. The van der Waals surface area contributed by atoms with E-state index >= 15 is 0 Å². The lowest BCUT2D eigenvalue weighted by Crippen LogP contribution is -2.48. The second kappa shape index (κ2) is 22.8. The maximum absolute atomic E-state index is 12.6. The zero-order chi connectivity index (χ0) is 54.1. The lowest BCUT2D eigenvalue weighted by atomic mass is 9.89. The summed E-state index contributed by atoms with van der Waals surface area (Å²) in [5.74, 6) is 2.17. The van der Waals surface area contributed by atoms with Crippen LogP contribution in [0.3, 0.4) is 0 Å². The van der Waals surface area contributed by atoms with Gasteiger partial charge in [0.1, 0.15) is 11.2 Å². The molecule has 14 heteroatoms. The monoisotopic (exact) mass is 1040 g/mol. The molecule has 408 valence electrons. The fourth-order valence-electron chi connectivity index (χ4n) is 13.6. The highest BCUT2D eigenvalue weighted by Gasteiger charge is 2.44. The predicted octanol–water partition coefficient (Wildman–Crippen LogP) is 10.7. The van der Waals surface area contributed by atoms with Crippen LogP contribution in [0.1, 0.15) is 175 Å². The highest BCUT2D eigenvalue weighted by atomic mass is 16.6. The van der Waals surface area contributed by atoms with Crippen molar-refractivity contribution in [3.63, 3.8) is 0 Å². The number of amides is 4. The van der Waals surface area contributed by atoms with Crippen LogP contribution in [0.2, 0.25) is 0 Å². The molecule has 76 heavy (non-hydrogen) atoms. The molecule has 0 aromatic heterocycles. The van der Waals surface area contributed by atoms with Gasteiger partial charge >= 0.3 is 12.2 Å². The summed E-state index contributed by atoms with van der Waals surface area (Å²) in [4.78, 5) is 51.1. The number of rotatable bonds is 2. The minimum Gasteiger partial charge on any atom is -0.444 e. The zero-order valence-corrected chi connectivity index (χ0v) is 46.4. The summed E-state index contributed by atoms with van der Waals surface area (Å²) in [6.07, 6.45) is 13.1. The molecule has 4 aromatic carbocycles. The number of nitrogens with one attached hydrogen (secondary N) is 4. The molecular weight excluding hydrogens is 953 g/mol. The van der Waals surface area contributed by atoms with E-state index in [1.54, 1.807) is 6.92 Å². The lowest BCUT2D eigenvalue weighted by molar-refractivity contribution is -0.115. The number of carbonyl (C=O) groups excluding carboxylic acids is 4.